The summed E-state index contributed by atoms with van der Waals surface area (Å²) in [4.78, 5) is 22.5. The van der Waals surface area contributed by atoms with Gasteiger partial charge in [-0.2, -0.15) is 4.98 Å². The molecule has 0 amide bonds. The molecule has 0 radical (unpaired) electrons. The summed E-state index contributed by atoms with van der Waals surface area (Å²) in [6.07, 6.45) is 2.65. The summed E-state index contributed by atoms with van der Waals surface area (Å²) in [5.41, 5.74) is 3.31. The summed E-state index contributed by atoms with van der Waals surface area (Å²) >= 11 is 0. The van der Waals surface area contributed by atoms with E-state index in [-0.39, 0.29) is 11.7 Å². The van der Waals surface area contributed by atoms with Gasteiger partial charge in [-0.3, -0.25) is 4.79 Å². The third kappa shape index (κ3) is 4.19. The lowest BCUT2D eigenvalue weighted by molar-refractivity contribution is 0.0959. The molecule has 2 heterocycles. The SMILES string of the molecule is O=C1CC(c2ccco2)Cc2nc(NCc3ccccc3)nc(Nc3ccccc3)c21. The Hall–Kier alpha value is -3.93. The Kier molecular flexibility index (Phi) is 5.19. The van der Waals surface area contributed by atoms with E-state index >= 15 is 0 Å². The number of carbonyl (C=O) groups is 1. The molecule has 31 heavy (non-hydrogen) atoms. The molecule has 0 aliphatic heterocycles. The van der Waals surface area contributed by atoms with E-state index in [9.17, 15) is 4.79 Å². The summed E-state index contributed by atoms with van der Waals surface area (Å²) in [6.45, 7) is 0.597. The monoisotopic (exact) mass is 410 g/mol. The van der Waals surface area contributed by atoms with Crippen molar-refractivity contribution < 1.29 is 9.21 Å². The molecule has 0 saturated carbocycles. The van der Waals surface area contributed by atoms with E-state index < -0.39 is 0 Å². The molecule has 6 heteroatoms. The number of nitrogens with one attached hydrogen (secondary N) is 2. The van der Waals surface area contributed by atoms with E-state index in [1.54, 1.807) is 6.26 Å². The minimum absolute atomic E-state index is 0.0172. The molecule has 6 nitrogen and oxygen atoms in total. The van der Waals surface area contributed by atoms with Crippen LogP contribution in [0.5, 0.6) is 0 Å². The summed E-state index contributed by atoms with van der Waals surface area (Å²) in [5.74, 6) is 1.85. The molecule has 1 atom stereocenters. The van der Waals surface area contributed by atoms with E-state index in [1.807, 2.05) is 72.8 Å². The largest absolute Gasteiger partial charge is 0.469 e. The van der Waals surface area contributed by atoms with Gasteiger partial charge in [-0.25, -0.2) is 4.98 Å². The molecule has 5 rings (SSSR count). The molecule has 1 aliphatic rings. The Balaban J connectivity index is 1.50. The number of hydrogen-bond acceptors (Lipinski definition) is 6. The Morgan fingerprint density at radius 2 is 1.68 bits per heavy atom. The molecular formula is C25H22N4O2. The zero-order valence-corrected chi connectivity index (χ0v) is 16.9. The fraction of sp³-hybridized carbons (Fsp3) is 0.160. The van der Waals surface area contributed by atoms with Crippen molar-refractivity contribution in [2.24, 2.45) is 0 Å². The standard InChI is InChI=1S/C25H22N4O2/c30-21-15-18(22-12-7-13-31-22)14-20-23(21)24(27-19-10-5-2-6-11-19)29-25(28-20)26-16-17-8-3-1-4-9-17/h1-13,18H,14-16H2,(H2,26,27,28,29). The molecule has 1 aliphatic carbocycles. The van der Waals surface area contributed by atoms with Crippen LogP contribution in [0, 0.1) is 0 Å². The predicted molar refractivity (Wildman–Crippen MR) is 120 cm³/mol. The average Bonchev–Trinajstić information content (AvgIpc) is 3.34. The van der Waals surface area contributed by atoms with E-state index in [0.29, 0.717) is 36.7 Å². The van der Waals surface area contributed by atoms with Crippen LogP contribution in [-0.4, -0.2) is 15.8 Å². The quantitative estimate of drug-likeness (QED) is 0.447. The van der Waals surface area contributed by atoms with Gasteiger partial charge in [0.25, 0.3) is 0 Å². The van der Waals surface area contributed by atoms with Crippen molar-refractivity contribution in [1.29, 1.82) is 0 Å². The Morgan fingerprint density at radius 3 is 2.42 bits per heavy atom. The summed E-state index contributed by atoms with van der Waals surface area (Å²) in [5, 5.41) is 6.62. The van der Waals surface area contributed by atoms with Crippen molar-refractivity contribution in [2.45, 2.75) is 25.3 Å². The first-order valence-corrected chi connectivity index (χ1v) is 10.3. The topological polar surface area (TPSA) is 80.1 Å². The van der Waals surface area contributed by atoms with E-state index in [0.717, 1.165) is 22.7 Å². The minimum atomic E-state index is -0.0172. The number of benzene rings is 2. The molecule has 0 saturated heterocycles. The number of anilines is 3. The minimum Gasteiger partial charge on any atom is -0.469 e. The molecule has 1 unspecified atom stereocenters. The van der Waals surface area contributed by atoms with Crippen LogP contribution in [0.4, 0.5) is 17.5 Å². The lowest BCUT2D eigenvalue weighted by Crippen LogP contribution is -2.23. The van der Waals surface area contributed by atoms with Crippen LogP contribution in [-0.2, 0) is 13.0 Å². The lowest BCUT2D eigenvalue weighted by atomic mass is 9.84. The maximum atomic E-state index is 13.1. The number of carbonyl (C=O) groups excluding carboxylic acids is 1. The molecule has 154 valence electrons. The fourth-order valence-electron chi connectivity index (χ4n) is 3.91. The van der Waals surface area contributed by atoms with Gasteiger partial charge in [-0.1, -0.05) is 48.5 Å². The van der Waals surface area contributed by atoms with Crippen LogP contribution in [0.1, 0.15) is 39.7 Å². The number of para-hydroxylation sites is 1. The van der Waals surface area contributed by atoms with Crippen LogP contribution in [0.25, 0.3) is 0 Å². The van der Waals surface area contributed by atoms with Crippen LogP contribution < -0.4 is 10.6 Å². The Bertz CT molecular complexity index is 1180. The van der Waals surface area contributed by atoms with Crippen molar-refractivity contribution in [1.82, 2.24) is 9.97 Å². The van der Waals surface area contributed by atoms with E-state index in [2.05, 4.69) is 15.6 Å². The van der Waals surface area contributed by atoms with Crippen LogP contribution in [0.3, 0.4) is 0 Å². The highest BCUT2D eigenvalue weighted by molar-refractivity contribution is 6.03. The second kappa shape index (κ2) is 8.44. The number of ketones is 1. The maximum absolute atomic E-state index is 13.1. The predicted octanol–water partition coefficient (Wildman–Crippen LogP) is 5.34. The number of fused-ring (bicyclic) bond motifs is 1. The highest BCUT2D eigenvalue weighted by Crippen LogP contribution is 2.36. The van der Waals surface area contributed by atoms with Gasteiger partial charge in [-0.15, -0.1) is 0 Å². The number of hydrogen-bond donors (Lipinski definition) is 2. The van der Waals surface area contributed by atoms with Crippen molar-refractivity contribution in [3.63, 3.8) is 0 Å². The van der Waals surface area contributed by atoms with Crippen molar-refractivity contribution in [3.05, 3.63) is 102 Å². The van der Waals surface area contributed by atoms with Crippen LogP contribution in [0.15, 0.2) is 83.5 Å². The number of aromatic nitrogens is 2. The van der Waals surface area contributed by atoms with Crippen molar-refractivity contribution in [3.8, 4) is 0 Å². The molecule has 0 fully saturated rings. The first-order chi connectivity index (χ1) is 15.3. The normalized spacial score (nSPS) is 15.4. The molecule has 0 spiro atoms. The number of furan rings is 1. The first-order valence-electron chi connectivity index (χ1n) is 10.3. The van der Waals surface area contributed by atoms with Crippen molar-refractivity contribution in [2.75, 3.05) is 10.6 Å². The van der Waals surface area contributed by atoms with Gasteiger partial charge in [0.2, 0.25) is 5.95 Å². The molecule has 2 aromatic heterocycles. The third-order valence-electron chi connectivity index (χ3n) is 5.41. The van der Waals surface area contributed by atoms with Crippen LogP contribution >= 0.6 is 0 Å². The lowest BCUT2D eigenvalue weighted by Gasteiger charge is -2.24. The summed E-state index contributed by atoms with van der Waals surface area (Å²) < 4.78 is 5.57. The number of Topliss-reactive ketones (excluding diaryl/α,β-unsaturated/α-hetero) is 1. The fourth-order valence-corrected chi connectivity index (χ4v) is 3.91. The van der Waals surface area contributed by atoms with Gasteiger partial charge >= 0.3 is 0 Å². The Labute approximate surface area is 180 Å². The van der Waals surface area contributed by atoms with Gasteiger partial charge in [0.1, 0.15) is 11.6 Å². The number of rotatable bonds is 6. The van der Waals surface area contributed by atoms with Crippen LogP contribution in [0.2, 0.25) is 0 Å². The molecule has 4 aromatic rings. The summed E-state index contributed by atoms with van der Waals surface area (Å²) in [6, 6.07) is 23.6. The summed E-state index contributed by atoms with van der Waals surface area (Å²) in [7, 11) is 0. The highest BCUT2D eigenvalue weighted by Gasteiger charge is 2.32. The van der Waals surface area contributed by atoms with Gasteiger partial charge in [0.15, 0.2) is 5.78 Å². The molecule has 2 N–H and O–H groups in total. The first kappa shape index (κ1) is 19.1. The zero-order valence-electron chi connectivity index (χ0n) is 16.9. The van der Waals surface area contributed by atoms with Crippen molar-refractivity contribution >= 4 is 23.2 Å². The molecule has 0 bridgehead atoms. The van der Waals surface area contributed by atoms with E-state index in [4.69, 9.17) is 9.40 Å². The Morgan fingerprint density at radius 1 is 0.903 bits per heavy atom. The highest BCUT2D eigenvalue weighted by atomic mass is 16.3. The smallest absolute Gasteiger partial charge is 0.225 e. The second-order valence-corrected chi connectivity index (χ2v) is 7.59. The third-order valence-corrected chi connectivity index (χ3v) is 5.41. The van der Waals surface area contributed by atoms with Gasteiger partial charge in [0, 0.05) is 31.0 Å². The zero-order chi connectivity index (χ0) is 21.0. The molecular weight excluding hydrogens is 388 g/mol. The number of nitrogens with zero attached hydrogens (tertiary/aromatic N) is 2. The van der Waals surface area contributed by atoms with Gasteiger partial charge < -0.3 is 15.1 Å². The van der Waals surface area contributed by atoms with E-state index in [1.165, 1.54) is 0 Å². The average molecular weight is 410 g/mol. The van der Waals surface area contributed by atoms with Gasteiger partial charge in [0.05, 0.1) is 17.5 Å². The van der Waals surface area contributed by atoms with Gasteiger partial charge in [-0.05, 0) is 29.8 Å². The maximum Gasteiger partial charge on any atom is 0.225 e. The second-order valence-electron chi connectivity index (χ2n) is 7.59. The molecule has 2 aromatic carbocycles.